The van der Waals surface area contributed by atoms with Gasteiger partial charge in [-0.05, 0) is 68.9 Å². The molecule has 204 valence electrons. The van der Waals surface area contributed by atoms with Gasteiger partial charge in [-0.15, -0.1) is 0 Å². The van der Waals surface area contributed by atoms with Crippen molar-refractivity contribution in [1.29, 1.82) is 5.26 Å². The van der Waals surface area contributed by atoms with Gasteiger partial charge in [0.25, 0.3) is 0 Å². The minimum absolute atomic E-state index is 0.331. The van der Waals surface area contributed by atoms with Crippen molar-refractivity contribution in [2.24, 2.45) is 0 Å². The molecule has 2 heterocycles. The maximum absolute atomic E-state index is 10.1. The summed E-state index contributed by atoms with van der Waals surface area (Å²) in [7, 11) is 1.91. The highest BCUT2D eigenvalue weighted by molar-refractivity contribution is 5.95. The number of fused-ring (bicyclic) bond motifs is 1. The van der Waals surface area contributed by atoms with Gasteiger partial charge in [0.1, 0.15) is 18.1 Å². The molecule has 1 saturated carbocycles. The molecule has 39 heavy (non-hydrogen) atoms. The summed E-state index contributed by atoms with van der Waals surface area (Å²) in [6.45, 7) is 4.58. The van der Waals surface area contributed by atoms with Crippen LogP contribution in [0.1, 0.15) is 63.4 Å². The first kappa shape index (κ1) is 27.8. The average Bonchev–Trinajstić information content (AvgIpc) is 3.57. The molecule has 1 atom stereocenters. The Kier molecular flexibility index (Phi) is 9.63. The zero-order chi connectivity index (χ0) is 27.6. The number of carbonyl (C=O) groups excluding carboxylic acids is 1. The Hall–Kier alpha value is -4.25. The van der Waals surface area contributed by atoms with Gasteiger partial charge in [0.15, 0.2) is 5.89 Å². The Bertz CT molecular complexity index is 1380. The summed E-state index contributed by atoms with van der Waals surface area (Å²) < 4.78 is 13.7. The number of hydrogen-bond acceptors (Lipinski definition) is 6. The molecule has 0 radical (unpaired) electrons. The lowest BCUT2D eigenvalue weighted by atomic mass is 9.92. The third kappa shape index (κ3) is 6.61. The van der Waals surface area contributed by atoms with Crippen molar-refractivity contribution in [2.75, 3.05) is 19.0 Å². The maximum Gasteiger partial charge on any atom is 0.207 e. The van der Waals surface area contributed by atoms with Crippen molar-refractivity contribution in [1.82, 2.24) is 14.9 Å². The number of nitrogens with zero attached hydrogens (tertiary/aromatic N) is 3. The average molecular weight is 528 g/mol. The van der Waals surface area contributed by atoms with Crippen LogP contribution in [0, 0.1) is 11.3 Å². The number of ether oxygens (including phenoxy) is 1. The second-order valence-corrected chi connectivity index (χ2v) is 9.77. The van der Waals surface area contributed by atoms with E-state index in [-0.39, 0.29) is 0 Å². The summed E-state index contributed by atoms with van der Waals surface area (Å²) in [4.78, 5) is 13.8. The molecule has 0 aliphatic heterocycles. The van der Waals surface area contributed by atoms with E-state index >= 15 is 0 Å². The number of nitriles is 1. The van der Waals surface area contributed by atoms with E-state index in [1.165, 1.54) is 6.42 Å². The van der Waals surface area contributed by atoms with Crippen molar-refractivity contribution in [2.45, 2.75) is 64.5 Å². The van der Waals surface area contributed by atoms with Crippen LogP contribution in [0.2, 0.25) is 0 Å². The molecule has 8 heteroatoms. The molecular formula is C31H37N5O3. The Labute approximate surface area is 230 Å². The minimum atomic E-state index is 0.331. The lowest BCUT2D eigenvalue weighted by Gasteiger charge is -2.30. The van der Waals surface area contributed by atoms with E-state index in [1.807, 2.05) is 33.0 Å². The fourth-order valence-electron chi connectivity index (χ4n) is 4.62. The summed E-state index contributed by atoms with van der Waals surface area (Å²) in [5.41, 5.74) is 4.94. The van der Waals surface area contributed by atoms with Gasteiger partial charge in [-0.1, -0.05) is 19.1 Å². The van der Waals surface area contributed by atoms with Gasteiger partial charge in [-0.25, -0.2) is 4.98 Å². The van der Waals surface area contributed by atoms with E-state index in [0.717, 1.165) is 83.6 Å². The topological polar surface area (TPSA) is 105 Å². The predicted molar refractivity (Wildman–Crippen MR) is 154 cm³/mol. The van der Waals surface area contributed by atoms with Crippen LogP contribution in [0.3, 0.4) is 0 Å². The Morgan fingerprint density at radius 3 is 2.62 bits per heavy atom. The summed E-state index contributed by atoms with van der Waals surface area (Å²) >= 11 is 0. The lowest BCUT2D eigenvalue weighted by Crippen LogP contribution is -2.22. The number of aryl methyl sites for hydroxylation is 1. The fourth-order valence-corrected chi connectivity index (χ4v) is 4.62. The third-order valence-corrected chi connectivity index (χ3v) is 7.23. The normalized spacial score (nSPS) is 13.5. The number of carbonyl (C=O) groups is 1. The van der Waals surface area contributed by atoms with E-state index in [4.69, 9.17) is 9.15 Å². The molecule has 0 saturated heterocycles. The molecule has 0 bridgehead atoms. The number of anilines is 1. The molecule has 2 aromatic heterocycles. The molecule has 4 aromatic rings. The molecule has 1 aliphatic carbocycles. The molecule has 0 spiro atoms. The van der Waals surface area contributed by atoms with Crippen molar-refractivity contribution < 1.29 is 13.9 Å². The van der Waals surface area contributed by atoms with Gasteiger partial charge in [0, 0.05) is 42.7 Å². The number of amides is 1. The highest BCUT2D eigenvalue weighted by Crippen LogP contribution is 2.43. The van der Waals surface area contributed by atoms with Crippen LogP contribution < -0.4 is 15.4 Å². The van der Waals surface area contributed by atoms with Crippen molar-refractivity contribution in [3.8, 4) is 23.1 Å². The van der Waals surface area contributed by atoms with Crippen LogP contribution in [0.15, 0.2) is 59.3 Å². The van der Waals surface area contributed by atoms with Gasteiger partial charge in [-0.2, -0.15) is 5.26 Å². The summed E-state index contributed by atoms with van der Waals surface area (Å²) in [5.74, 6) is 1.56. The SMILES string of the molecule is CCC(C)NC=O.CNc1ccc(-c2c(C#N)c3ccc(OCCCc4ncco4)cc3n2C2CCC2)cc1. The highest BCUT2D eigenvalue weighted by atomic mass is 16.5. The van der Waals surface area contributed by atoms with Gasteiger partial charge in [0.05, 0.1) is 29.6 Å². The molecule has 8 nitrogen and oxygen atoms in total. The fraction of sp³-hybridized carbons (Fsp3) is 0.387. The zero-order valence-corrected chi connectivity index (χ0v) is 22.9. The number of nitrogens with one attached hydrogen (secondary N) is 2. The number of oxazole rings is 1. The van der Waals surface area contributed by atoms with Crippen LogP contribution >= 0.6 is 0 Å². The maximum atomic E-state index is 10.1. The van der Waals surface area contributed by atoms with Crippen LogP contribution in [0.5, 0.6) is 5.75 Å². The van der Waals surface area contributed by atoms with E-state index in [1.54, 1.807) is 12.5 Å². The van der Waals surface area contributed by atoms with Gasteiger partial charge in [-0.3, -0.25) is 4.79 Å². The number of benzene rings is 2. The monoisotopic (exact) mass is 527 g/mol. The molecule has 2 aromatic carbocycles. The minimum Gasteiger partial charge on any atom is -0.494 e. The first-order valence-corrected chi connectivity index (χ1v) is 13.7. The summed E-state index contributed by atoms with van der Waals surface area (Å²) in [6.07, 6.45) is 10.1. The first-order valence-electron chi connectivity index (χ1n) is 13.7. The van der Waals surface area contributed by atoms with E-state index < -0.39 is 0 Å². The Morgan fingerprint density at radius 2 is 2.05 bits per heavy atom. The standard InChI is InChI=1S/C26H26N4O2.C5H11NO/c1-28-19-9-7-18(8-10-19)26-23(17-27)22-12-11-21(16-24(22)30(26)20-4-2-5-20)31-14-3-6-25-29-13-15-32-25;1-3-5(2)6-4-7/h7-13,15-16,20,28H,2-6,14H2,1H3;4-5H,3H2,1-2H3,(H,6,7). The van der Waals surface area contributed by atoms with Crippen LogP contribution in [0.4, 0.5) is 5.69 Å². The largest absolute Gasteiger partial charge is 0.494 e. The molecule has 5 rings (SSSR count). The van der Waals surface area contributed by atoms with Crippen LogP contribution in [-0.4, -0.2) is 35.7 Å². The van der Waals surface area contributed by atoms with E-state index in [2.05, 4.69) is 56.6 Å². The highest BCUT2D eigenvalue weighted by Gasteiger charge is 2.28. The quantitative estimate of drug-likeness (QED) is 0.171. The second-order valence-electron chi connectivity index (χ2n) is 9.77. The van der Waals surface area contributed by atoms with Crippen molar-refractivity contribution in [3.05, 3.63) is 66.4 Å². The van der Waals surface area contributed by atoms with Gasteiger partial charge in [0.2, 0.25) is 6.41 Å². The van der Waals surface area contributed by atoms with Crippen molar-refractivity contribution in [3.63, 3.8) is 0 Å². The van der Waals surface area contributed by atoms with Gasteiger partial charge < -0.3 is 24.4 Å². The molecule has 1 aliphatic rings. The zero-order valence-electron chi connectivity index (χ0n) is 22.9. The smallest absolute Gasteiger partial charge is 0.207 e. The molecule has 1 unspecified atom stereocenters. The summed E-state index contributed by atoms with van der Waals surface area (Å²) in [6, 6.07) is 17.6. The number of hydrogen-bond donors (Lipinski definition) is 2. The number of rotatable bonds is 11. The van der Waals surface area contributed by atoms with Crippen LogP contribution in [0.25, 0.3) is 22.2 Å². The second kappa shape index (κ2) is 13.5. The van der Waals surface area contributed by atoms with Crippen molar-refractivity contribution >= 4 is 23.0 Å². The Morgan fingerprint density at radius 1 is 1.26 bits per heavy atom. The molecule has 1 fully saturated rings. The first-order chi connectivity index (χ1) is 19.1. The van der Waals surface area contributed by atoms with E-state index in [9.17, 15) is 10.1 Å². The molecular weight excluding hydrogens is 490 g/mol. The lowest BCUT2D eigenvalue weighted by molar-refractivity contribution is -0.110. The summed E-state index contributed by atoms with van der Waals surface area (Å²) in [5, 5.41) is 16.8. The Balaban J connectivity index is 0.000000448. The van der Waals surface area contributed by atoms with E-state index in [0.29, 0.717) is 18.7 Å². The third-order valence-electron chi connectivity index (χ3n) is 7.23. The number of aromatic nitrogens is 2. The van der Waals surface area contributed by atoms with Gasteiger partial charge >= 0.3 is 0 Å². The molecule has 1 amide bonds. The predicted octanol–water partition coefficient (Wildman–Crippen LogP) is 6.48. The van der Waals surface area contributed by atoms with Crippen LogP contribution in [-0.2, 0) is 11.2 Å². The molecule has 2 N–H and O–H groups in total.